The third-order valence-corrected chi connectivity index (χ3v) is 5.08. The quantitative estimate of drug-likeness (QED) is 0.699. The summed E-state index contributed by atoms with van der Waals surface area (Å²) in [6.45, 7) is 2.45. The summed E-state index contributed by atoms with van der Waals surface area (Å²) in [7, 11) is -3.58. The first-order valence-corrected chi connectivity index (χ1v) is 7.80. The number of hydrogen-bond acceptors (Lipinski definition) is 4. The Hall–Kier alpha value is -1.45. The smallest absolute Gasteiger partial charge is 0.306 e. The van der Waals surface area contributed by atoms with Gasteiger partial charge < -0.3 is 5.11 Å². The van der Waals surface area contributed by atoms with Crippen LogP contribution in [0.25, 0.3) is 0 Å². The minimum atomic E-state index is -3.58. The molecule has 0 radical (unpaired) electrons. The third-order valence-electron chi connectivity index (χ3n) is 3.52. The van der Waals surface area contributed by atoms with Crippen molar-refractivity contribution < 1.29 is 18.3 Å². The van der Waals surface area contributed by atoms with Crippen LogP contribution in [0.2, 0.25) is 0 Å². The van der Waals surface area contributed by atoms with Gasteiger partial charge >= 0.3 is 5.97 Å². The zero-order valence-electron chi connectivity index (χ0n) is 11.2. The Morgan fingerprint density at radius 2 is 2.20 bits per heavy atom. The van der Waals surface area contributed by atoms with Gasteiger partial charge in [0.25, 0.3) is 10.2 Å². The number of aliphatic carboxylic acids is 1. The molecule has 0 bridgehead atoms. The average molecular weight is 302 g/mol. The molecule has 3 N–H and O–H groups in total. The van der Waals surface area contributed by atoms with E-state index in [4.69, 9.17) is 5.11 Å². The van der Waals surface area contributed by atoms with Crippen LogP contribution in [-0.4, -0.2) is 47.1 Å². The van der Waals surface area contributed by atoms with Crippen molar-refractivity contribution in [2.75, 3.05) is 13.1 Å². The van der Waals surface area contributed by atoms with Gasteiger partial charge in [-0.15, -0.1) is 0 Å². The number of carbonyl (C=O) groups is 1. The molecule has 1 saturated heterocycles. The summed E-state index contributed by atoms with van der Waals surface area (Å²) in [5.41, 5.74) is 1.60. The maximum atomic E-state index is 12.1. The van der Waals surface area contributed by atoms with Crippen LogP contribution < -0.4 is 4.72 Å². The second kappa shape index (κ2) is 5.90. The number of aryl methyl sites for hydroxylation is 1. The molecule has 0 aliphatic carbocycles. The van der Waals surface area contributed by atoms with Crippen LogP contribution >= 0.6 is 0 Å². The number of nitrogens with zero attached hydrogens (tertiary/aromatic N) is 2. The lowest BCUT2D eigenvalue weighted by atomic mass is 9.99. The second-order valence-electron chi connectivity index (χ2n) is 4.86. The van der Waals surface area contributed by atoms with E-state index in [-0.39, 0.29) is 19.6 Å². The van der Waals surface area contributed by atoms with Gasteiger partial charge in [-0.1, -0.05) is 0 Å². The highest BCUT2D eigenvalue weighted by Gasteiger charge is 2.30. The fourth-order valence-corrected chi connectivity index (χ4v) is 3.37. The Kier molecular flexibility index (Phi) is 4.41. The van der Waals surface area contributed by atoms with E-state index in [1.807, 2.05) is 6.92 Å². The molecule has 1 aromatic rings. The van der Waals surface area contributed by atoms with Crippen LogP contribution in [0.1, 0.15) is 24.1 Å². The van der Waals surface area contributed by atoms with E-state index in [1.54, 1.807) is 6.20 Å². The number of hydrogen-bond donors (Lipinski definition) is 3. The van der Waals surface area contributed by atoms with Crippen LogP contribution in [0.15, 0.2) is 6.20 Å². The van der Waals surface area contributed by atoms with Gasteiger partial charge in [0.15, 0.2) is 0 Å². The highest BCUT2D eigenvalue weighted by molar-refractivity contribution is 7.87. The van der Waals surface area contributed by atoms with Crippen molar-refractivity contribution in [2.24, 2.45) is 5.92 Å². The van der Waals surface area contributed by atoms with Gasteiger partial charge in [-0.05, 0) is 19.8 Å². The van der Waals surface area contributed by atoms with E-state index in [2.05, 4.69) is 14.9 Å². The lowest BCUT2D eigenvalue weighted by Gasteiger charge is -2.29. The van der Waals surface area contributed by atoms with Crippen molar-refractivity contribution in [1.82, 2.24) is 19.2 Å². The van der Waals surface area contributed by atoms with Crippen molar-refractivity contribution in [3.8, 4) is 0 Å². The van der Waals surface area contributed by atoms with E-state index in [0.29, 0.717) is 12.8 Å². The van der Waals surface area contributed by atoms with Crippen LogP contribution in [0.3, 0.4) is 0 Å². The van der Waals surface area contributed by atoms with Gasteiger partial charge in [-0.3, -0.25) is 9.89 Å². The molecule has 1 aromatic heterocycles. The molecule has 0 unspecified atom stereocenters. The maximum Gasteiger partial charge on any atom is 0.306 e. The molecular weight excluding hydrogens is 284 g/mol. The van der Waals surface area contributed by atoms with E-state index in [0.717, 1.165) is 11.3 Å². The first-order valence-electron chi connectivity index (χ1n) is 6.36. The minimum Gasteiger partial charge on any atom is -0.481 e. The van der Waals surface area contributed by atoms with E-state index < -0.39 is 22.1 Å². The Morgan fingerprint density at radius 1 is 1.55 bits per heavy atom. The van der Waals surface area contributed by atoms with Crippen molar-refractivity contribution >= 4 is 16.2 Å². The van der Waals surface area contributed by atoms with Gasteiger partial charge in [-0.25, -0.2) is 0 Å². The van der Waals surface area contributed by atoms with Crippen LogP contribution in [0.5, 0.6) is 0 Å². The topological polar surface area (TPSA) is 115 Å². The Balaban J connectivity index is 1.91. The molecule has 0 atom stereocenters. The molecule has 1 fully saturated rings. The summed E-state index contributed by atoms with van der Waals surface area (Å²) in [5.74, 6) is -1.30. The van der Waals surface area contributed by atoms with Gasteiger partial charge in [0, 0.05) is 30.9 Å². The molecule has 2 rings (SSSR count). The zero-order valence-corrected chi connectivity index (χ0v) is 12.0. The first kappa shape index (κ1) is 14.9. The van der Waals surface area contributed by atoms with E-state index >= 15 is 0 Å². The number of rotatable bonds is 5. The van der Waals surface area contributed by atoms with Crippen molar-refractivity contribution in [3.05, 3.63) is 17.5 Å². The molecule has 0 spiro atoms. The van der Waals surface area contributed by atoms with Gasteiger partial charge in [0.05, 0.1) is 12.1 Å². The van der Waals surface area contributed by atoms with Crippen LogP contribution in [-0.2, 0) is 21.5 Å². The Labute approximate surface area is 117 Å². The highest BCUT2D eigenvalue weighted by Crippen LogP contribution is 2.19. The van der Waals surface area contributed by atoms with Crippen molar-refractivity contribution in [3.63, 3.8) is 0 Å². The summed E-state index contributed by atoms with van der Waals surface area (Å²) in [5, 5.41) is 15.5. The average Bonchev–Trinajstić information content (AvgIpc) is 2.82. The molecule has 1 aliphatic heterocycles. The van der Waals surface area contributed by atoms with Crippen LogP contribution in [0.4, 0.5) is 0 Å². The summed E-state index contributed by atoms with van der Waals surface area (Å²) >= 11 is 0. The molecule has 20 heavy (non-hydrogen) atoms. The first-order chi connectivity index (χ1) is 9.40. The normalized spacial score (nSPS) is 18.2. The maximum absolute atomic E-state index is 12.1. The minimum absolute atomic E-state index is 0.170. The number of aromatic amines is 1. The summed E-state index contributed by atoms with van der Waals surface area (Å²) < 4.78 is 28.0. The van der Waals surface area contributed by atoms with E-state index in [1.165, 1.54) is 4.31 Å². The number of carboxylic acid groups (broad SMARTS) is 1. The van der Waals surface area contributed by atoms with Crippen LogP contribution in [0, 0.1) is 12.8 Å². The molecule has 112 valence electrons. The van der Waals surface area contributed by atoms with Gasteiger partial charge in [0.1, 0.15) is 0 Å². The largest absolute Gasteiger partial charge is 0.481 e. The SMILES string of the molecule is Cc1[nH]ncc1CNS(=O)(=O)N1CCC(C(=O)O)CC1. The lowest BCUT2D eigenvalue weighted by molar-refractivity contribution is -0.142. The predicted octanol–water partition coefficient (Wildman–Crippen LogP) is -0.151. The van der Waals surface area contributed by atoms with Gasteiger partial charge in [0.2, 0.25) is 0 Å². The summed E-state index contributed by atoms with van der Waals surface area (Å²) in [4.78, 5) is 10.8. The van der Waals surface area contributed by atoms with Crippen molar-refractivity contribution in [1.29, 1.82) is 0 Å². The molecule has 9 heteroatoms. The molecule has 1 aliphatic rings. The molecule has 0 saturated carbocycles. The molecule has 0 amide bonds. The standard InChI is InChI=1S/C11H18N4O4S/c1-8-10(6-12-14-8)7-13-20(18,19)15-4-2-9(3-5-15)11(16)17/h6,9,13H,2-5,7H2,1H3,(H,12,14)(H,16,17). The number of H-pyrrole nitrogens is 1. The number of aromatic nitrogens is 2. The predicted molar refractivity (Wildman–Crippen MR) is 71.0 cm³/mol. The lowest BCUT2D eigenvalue weighted by Crippen LogP contribution is -2.45. The van der Waals surface area contributed by atoms with E-state index in [9.17, 15) is 13.2 Å². The molecule has 8 nitrogen and oxygen atoms in total. The number of piperidine rings is 1. The highest BCUT2D eigenvalue weighted by atomic mass is 32.2. The molecular formula is C11H18N4O4S. The second-order valence-corrected chi connectivity index (χ2v) is 6.61. The fourth-order valence-electron chi connectivity index (χ4n) is 2.16. The summed E-state index contributed by atoms with van der Waals surface area (Å²) in [6, 6.07) is 0. The monoisotopic (exact) mass is 302 g/mol. The van der Waals surface area contributed by atoms with Crippen molar-refractivity contribution in [2.45, 2.75) is 26.3 Å². The number of carboxylic acids is 1. The fraction of sp³-hybridized carbons (Fsp3) is 0.636. The number of nitrogens with one attached hydrogen (secondary N) is 2. The van der Waals surface area contributed by atoms with Gasteiger partial charge in [-0.2, -0.15) is 22.5 Å². The molecule has 2 heterocycles. The Morgan fingerprint density at radius 3 is 2.70 bits per heavy atom. The summed E-state index contributed by atoms with van der Waals surface area (Å²) in [6.07, 6.45) is 2.27. The molecule has 0 aromatic carbocycles. The third kappa shape index (κ3) is 3.35. The Bertz CT molecular complexity index is 575. The zero-order chi connectivity index (χ0) is 14.8.